The maximum absolute atomic E-state index is 12.9. The summed E-state index contributed by atoms with van der Waals surface area (Å²) < 4.78 is 64.7. The summed E-state index contributed by atoms with van der Waals surface area (Å²) in [6, 6.07) is 16.7. The van der Waals surface area contributed by atoms with Crippen molar-refractivity contribution in [3.05, 3.63) is 71.2 Å². The van der Waals surface area contributed by atoms with Gasteiger partial charge in [-0.2, -0.15) is 0 Å². The van der Waals surface area contributed by atoms with Gasteiger partial charge in [-0.05, 0) is 54.6 Å². The molecule has 0 unspecified atom stereocenters. The fraction of sp³-hybridized carbons (Fsp3) is 0.174. The number of nitrogens with zero attached hydrogens (tertiary/aromatic N) is 1. The van der Waals surface area contributed by atoms with Crippen molar-refractivity contribution in [3.8, 4) is 11.5 Å². The van der Waals surface area contributed by atoms with E-state index in [1.54, 1.807) is 36.4 Å². The van der Waals surface area contributed by atoms with E-state index in [0.717, 1.165) is 10.6 Å². The first-order chi connectivity index (χ1) is 16.9. The van der Waals surface area contributed by atoms with Crippen LogP contribution in [0.5, 0.6) is 11.5 Å². The zero-order chi connectivity index (χ0) is 26.5. The van der Waals surface area contributed by atoms with E-state index in [0.29, 0.717) is 27.3 Å². The van der Waals surface area contributed by atoms with Gasteiger partial charge >= 0.3 is 0 Å². The number of benzene rings is 3. The molecule has 2 N–H and O–H groups in total. The van der Waals surface area contributed by atoms with Gasteiger partial charge < -0.3 is 14.8 Å². The van der Waals surface area contributed by atoms with Crippen molar-refractivity contribution in [2.75, 3.05) is 41.4 Å². The quantitative estimate of drug-likeness (QED) is 0.364. The zero-order valence-electron chi connectivity index (χ0n) is 19.6. The van der Waals surface area contributed by atoms with Crippen molar-refractivity contribution < 1.29 is 31.1 Å². The number of hydrogen-bond donors (Lipinski definition) is 2. The third kappa shape index (κ3) is 6.89. The first-order valence-electron chi connectivity index (χ1n) is 10.3. The van der Waals surface area contributed by atoms with Gasteiger partial charge in [0.05, 0.1) is 36.7 Å². The second-order valence-electron chi connectivity index (χ2n) is 7.49. The first kappa shape index (κ1) is 27.3. The fourth-order valence-corrected chi connectivity index (χ4v) is 5.47. The molecule has 0 aliphatic rings. The highest BCUT2D eigenvalue weighted by atomic mass is 79.9. The number of ether oxygens (including phenoxy) is 2. The van der Waals surface area contributed by atoms with Crippen molar-refractivity contribution in [2.24, 2.45) is 0 Å². The third-order valence-corrected chi connectivity index (χ3v) is 7.90. The van der Waals surface area contributed by atoms with Crippen molar-refractivity contribution >= 4 is 58.9 Å². The molecule has 10 nitrogen and oxygen atoms in total. The normalized spacial score (nSPS) is 11.4. The lowest BCUT2D eigenvalue weighted by Gasteiger charge is -2.22. The topological polar surface area (TPSA) is 131 Å². The number of carbonyl (C=O) groups is 1. The number of methoxy groups -OCH3 is 2. The summed E-state index contributed by atoms with van der Waals surface area (Å²) in [6.45, 7) is -0.466. The van der Waals surface area contributed by atoms with E-state index in [1.165, 1.54) is 44.6 Å². The summed E-state index contributed by atoms with van der Waals surface area (Å²) in [4.78, 5) is 12.5. The average molecular weight is 598 g/mol. The maximum Gasteiger partial charge on any atom is 0.262 e. The predicted octanol–water partition coefficient (Wildman–Crippen LogP) is 3.67. The fourth-order valence-electron chi connectivity index (χ4n) is 3.18. The minimum Gasteiger partial charge on any atom is -0.497 e. The minimum absolute atomic E-state index is 0.0581. The molecule has 0 fully saturated rings. The summed E-state index contributed by atoms with van der Waals surface area (Å²) in [7, 11) is -4.85. The molecular weight excluding hydrogens is 574 g/mol. The highest BCUT2D eigenvalue weighted by molar-refractivity contribution is 9.10. The van der Waals surface area contributed by atoms with Gasteiger partial charge in [-0.15, -0.1) is 0 Å². The van der Waals surface area contributed by atoms with E-state index < -0.39 is 32.5 Å². The molecule has 0 spiro atoms. The van der Waals surface area contributed by atoms with E-state index in [2.05, 4.69) is 26.0 Å². The van der Waals surface area contributed by atoms with Crippen LogP contribution >= 0.6 is 15.9 Å². The number of sulfonamides is 2. The lowest BCUT2D eigenvalue weighted by Crippen LogP contribution is -2.37. The molecule has 0 bridgehead atoms. The summed E-state index contributed by atoms with van der Waals surface area (Å²) in [5.74, 6) is 0.150. The van der Waals surface area contributed by atoms with E-state index in [1.807, 2.05) is 0 Å². The highest BCUT2D eigenvalue weighted by Gasteiger charge is 2.22. The van der Waals surface area contributed by atoms with Crippen LogP contribution in [0.25, 0.3) is 0 Å². The Bertz CT molecular complexity index is 1460. The number of hydrogen-bond acceptors (Lipinski definition) is 7. The molecule has 13 heteroatoms. The number of rotatable bonds is 10. The van der Waals surface area contributed by atoms with Crippen molar-refractivity contribution in [1.29, 1.82) is 0 Å². The Morgan fingerprint density at radius 3 is 2.22 bits per heavy atom. The maximum atomic E-state index is 12.9. The standard InChI is InChI=1S/C23H24BrN3O7S2/c1-33-19-9-12-22(34-2)21(14-19)26-36(31,32)20-10-7-17(8-11-20)25-23(28)15-27(35(3,29)30)18-6-4-5-16(24)13-18/h4-14,26H,15H2,1-3H3,(H,25,28). The molecule has 1 amide bonds. The minimum atomic E-state index is -3.98. The number of anilines is 3. The van der Waals surface area contributed by atoms with Gasteiger partial charge in [0.15, 0.2) is 0 Å². The van der Waals surface area contributed by atoms with Crippen LogP contribution in [0, 0.1) is 0 Å². The Labute approximate surface area is 218 Å². The van der Waals surface area contributed by atoms with Gasteiger partial charge in [0.2, 0.25) is 15.9 Å². The molecule has 0 atom stereocenters. The molecular formula is C23H24BrN3O7S2. The second kappa shape index (κ2) is 11.2. The Balaban J connectivity index is 1.74. The van der Waals surface area contributed by atoms with Crippen LogP contribution in [0.4, 0.5) is 17.1 Å². The van der Waals surface area contributed by atoms with Gasteiger partial charge in [0.25, 0.3) is 10.0 Å². The Kier molecular flexibility index (Phi) is 8.48. The molecule has 0 saturated heterocycles. The zero-order valence-corrected chi connectivity index (χ0v) is 22.8. The Morgan fingerprint density at radius 1 is 0.944 bits per heavy atom. The molecule has 3 rings (SSSR count). The molecule has 3 aromatic rings. The number of nitrogens with one attached hydrogen (secondary N) is 2. The van der Waals surface area contributed by atoms with Crippen LogP contribution in [-0.2, 0) is 24.8 Å². The van der Waals surface area contributed by atoms with Gasteiger partial charge in [-0.3, -0.25) is 13.8 Å². The van der Waals surface area contributed by atoms with Crippen LogP contribution in [-0.4, -0.2) is 49.8 Å². The summed E-state index contributed by atoms with van der Waals surface area (Å²) in [5, 5.41) is 2.58. The van der Waals surface area contributed by atoms with Crippen LogP contribution < -0.4 is 23.8 Å². The van der Waals surface area contributed by atoms with E-state index in [-0.39, 0.29) is 10.6 Å². The summed E-state index contributed by atoms with van der Waals surface area (Å²) >= 11 is 3.29. The average Bonchev–Trinajstić information content (AvgIpc) is 2.82. The van der Waals surface area contributed by atoms with Crippen molar-refractivity contribution in [1.82, 2.24) is 0 Å². The van der Waals surface area contributed by atoms with Crippen LogP contribution in [0.1, 0.15) is 0 Å². The van der Waals surface area contributed by atoms with Crippen LogP contribution in [0.2, 0.25) is 0 Å². The van der Waals surface area contributed by atoms with E-state index >= 15 is 0 Å². The number of carbonyl (C=O) groups excluding carboxylic acids is 1. The molecule has 0 radical (unpaired) electrons. The highest BCUT2D eigenvalue weighted by Crippen LogP contribution is 2.31. The molecule has 0 aromatic heterocycles. The van der Waals surface area contributed by atoms with Gasteiger partial charge in [-0.1, -0.05) is 22.0 Å². The molecule has 3 aromatic carbocycles. The molecule has 192 valence electrons. The van der Waals surface area contributed by atoms with Gasteiger partial charge in [0, 0.05) is 16.2 Å². The monoisotopic (exact) mass is 597 g/mol. The van der Waals surface area contributed by atoms with Crippen LogP contribution in [0.15, 0.2) is 76.1 Å². The summed E-state index contributed by atoms with van der Waals surface area (Å²) in [5.41, 5.74) is 0.811. The second-order valence-corrected chi connectivity index (χ2v) is 12.0. The van der Waals surface area contributed by atoms with Gasteiger partial charge in [0.1, 0.15) is 18.0 Å². The molecule has 0 aliphatic heterocycles. The predicted molar refractivity (Wildman–Crippen MR) is 142 cm³/mol. The molecule has 0 heterocycles. The van der Waals surface area contributed by atoms with Crippen molar-refractivity contribution in [2.45, 2.75) is 4.90 Å². The third-order valence-electron chi connectivity index (χ3n) is 4.88. The first-order valence-corrected chi connectivity index (χ1v) is 14.4. The molecule has 0 aliphatic carbocycles. The molecule has 0 saturated carbocycles. The van der Waals surface area contributed by atoms with Gasteiger partial charge in [-0.25, -0.2) is 16.8 Å². The van der Waals surface area contributed by atoms with E-state index in [9.17, 15) is 21.6 Å². The Morgan fingerprint density at radius 2 is 1.64 bits per heavy atom. The van der Waals surface area contributed by atoms with Crippen LogP contribution in [0.3, 0.4) is 0 Å². The SMILES string of the molecule is COc1ccc(OC)c(NS(=O)(=O)c2ccc(NC(=O)CN(c3cccc(Br)c3)S(C)(=O)=O)cc2)c1. The van der Waals surface area contributed by atoms with Crippen molar-refractivity contribution in [3.63, 3.8) is 0 Å². The lowest BCUT2D eigenvalue weighted by molar-refractivity contribution is -0.114. The Hall–Kier alpha value is -3.29. The number of halogens is 1. The summed E-state index contributed by atoms with van der Waals surface area (Å²) in [6.07, 6.45) is 1.01. The molecule has 36 heavy (non-hydrogen) atoms. The van der Waals surface area contributed by atoms with E-state index in [4.69, 9.17) is 9.47 Å². The largest absolute Gasteiger partial charge is 0.497 e. The smallest absolute Gasteiger partial charge is 0.262 e. The lowest BCUT2D eigenvalue weighted by atomic mass is 10.3. The number of amides is 1.